The number of amides is 1. The normalized spacial score (nSPS) is 11.5. The standard InChI is InChI=1S/C14H12ClN3O3/c1-9(21-14(20)10-3-2-6-16-7-10)13(19)18-12-5-4-11(15)8-17-12/h2-9H,1H3,(H,17,18,19)/t9-/m1/s1. The number of nitrogens with one attached hydrogen (secondary N) is 1. The molecule has 0 unspecified atom stereocenters. The summed E-state index contributed by atoms with van der Waals surface area (Å²) in [5, 5.41) is 2.99. The van der Waals surface area contributed by atoms with Crippen LogP contribution in [0.25, 0.3) is 0 Å². The van der Waals surface area contributed by atoms with Gasteiger partial charge in [-0.1, -0.05) is 11.6 Å². The molecule has 2 heterocycles. The lowest BCUT2D eigenvalue weighted by molar-refractivity contribution is -0.123. The molecule has 21 heavy (non-hydrogen) atoms. The maximum atomic E-state index is 11.9. The number of hydrogen-bond acceptors (Lipinski definition) is 5. The van der Waals surface area contributed by atoms with E-state index < -0.39 is 18.0 Å². The first-order chi connectivity index (χ1) is 10.1. The molecule has 108 valence electrons. The Morgan fingerprint density at radius 2 is 2.10 bits per heavy atom. The van der Waals surface area contributed by atoms with Crippen molar-refractivity contribution in [3.8, 4) is 0 Å². The minimum atomic E-state index is -0.963. The van der Waals surface area contributed by atoms with Crippen LogP contribution in [-0.4, -0.2) is 27.9 Å². The number of carbonyl (C=O) groups excluding carboxylic acids is 2. The van der Waals surface area contributed by atoms with Crippen LogP contribution in [0.3, 0.4) is 0 Å². The van der Waals surface area contributed by atoms with Crippen LogP contribution in [0, 0.1) is 0 Å². The van der Waals surface area contributed by atoms with Gasteiger partial charge in [-0.2, -0.15) is 0 Å². The Hall–Kier alpha value is -2.47. The molecule has 1 amide bonds. The summed E-state index contributed by atoms with van der Waals surface area (Å²) < 4.78 is 5.05. The van der Waals surface area contributed by atoms with E-state index in [-0.39, 0.29) is 5.56 Å². The van der Waals surface area contributed by atoms with Gasteiger partial charge in [-0.05, 0) is 31.2 Å². The number of hydrogen-bond donors (Lipinski definition) is 1. The van der Waals surface area contributed by atoms with Gasteiger partial charge < -0.3 is 10.1 Å². The first kappa shape index (κ1) is 14.9. The van der Waals surface area contributed by atoms with E-state index in [1.807, 2.05) is 0 Å². The molecule has 7 heteroatoms. The molecule has 6 nitrogen and oxygen atoms in total. The van der Waals surface area contributed by atoms with Crippen molar-refractivity contribution >= 4 is 29.3 Å². The fourth-order valence-electron chi connectivity index (χ4n) is 1.44. The molecule has 0 aliphatic rings. The van der Waals surface area contributed by atoms with E-state index in [0.29, 0.717) is 10.8 Å². The molecular formula is C14H12ClN3O3. The highest BCUT2D eigenvalue weighted by Gasteiger charge is 2.19. The van der Waals surface area contributed by atoms with Gasteiger partial charge in [0.2, 0.25) is 0 Å². The molecule has 0 aliphatic carbocycles. The quantitative estimate of drug-likeness (QED) is 0.877. The van der Waals surface area contributed by atoms with Crippen molar-refractivity contribution in [2.24, 2.45) is 0 Å². The van der Waals surface area contributed by atoms with E-state index in [2.05, 4.69) is 15.3 Å². The monoisotopic (exact) mass is 305 g/mol. The van der Waals surface area contributed by atoms with Crippen LogP contribution in [-0.2, 0) is 9.53 Å². The molecule has 0 spiro atoms. The van der Waals surface area contributed by atoms with Gasteiger partial charge in [-0.25, -0.2) is 9.78 Å². The molecule has 0 aromatic carbocycles. The van der Waals surface area contributed by atoms with Gasteiger partial charge in [0.25, 0.3) is 5.91 Å². The summed E-state index contributed by atoms with van der Waals surface area (Å²) in [5.74, 6) is -0.773. The van der Waals surface area contributed by atoms with Crippen LogP contribution >= 0.6 is 11.6 Å². The number of carbonyl (C=O) groups is 2. The van der Waals surface area contributed by atoms with Gasteiger partial charge in [0, 0.05) is 18.6 Å². The van der Waals surface area contributed by atoms with E-state index >= 15 is 0 Å². The number of esters is 1. The summed E-state index contributed by atoms with van der Waals surface area (Å²) in [5.41, 5.74) is 0.279. The number of ether oxygens (including phenoxy) is 1. The first-order valence-corrected chi connectivity index (χ1v) is 6.47. The van der Waals surface area contributed by atoms with E-state index in [9.17, 15) is 9.59 Å². The zero-order valence-electron chi connectivity index (χ0n) is 11.1. The third kappa shape index (κ3) is 4.25. The molecule has 1 atom stereocenters. The zero-order chi connectivity index (χ0) is 15.2. The number of aromatic nitrogens is 2. The first-order valence-electron chi connectivity index (χ1n) is 6.09. The summed E-state index contributed by atoms with van der Waals surface area (Å²) in [6.45, 7) is 1.47. The van der Waals surface area contributed by atoms with Crippen molar-refractivity contribution in [1.29, 1.82) is 0 Å². The molecular weight excluding hydrogens is 294 g/mol. The molecule has 0 bridgehead atoms. The Balaban J connectivity index is 1.93. The van der Waals surface area contributed by atoms with Gasteiger partial charge >= 0.3 is 5.97 Å². The number of anilines is 1. The van der Waals surface area contributed by atoms with Crippen LogP contribution in [0.5, 0.6) is 0 Å². The Bertz CT molecular complexity index is 632. The number of halogens is 1. The number of pyridine rings is 2. The van der Waals surface area contributed by atoms with Gasteiger partial charge in [0.1, 0.15) is 5.82 Å². The Labute approximate surface area is 126 Å². The lowest BCUT2D eigenvalue weighted by Gasteiger charge is -2.13. The van der Waals surface area contributed by atoms with Gasteiger partial charge in [0.15, 0.2) is 6.10 Å². The highest BCUT2D eigenvalue weighted by molar-refractivity contribution is 6.30. The second kappa shape index (κ2) is 6.81. The molecule has 0 saturated heterocycles. The summed E-state index contributed by atoms with van der Waals surface area (Å²) in [6.07, 6.45) is 3.35. The molecule has 0 radical (unpaired) electrons. The third-order valence-corrected chi connectivity index (χ3v) is 2.75. The summed E-state index contributed by atoms with van der Waals surface area (Å²) in [7, 11) is 0. The van der Waals surface area contributed by atoms with Crippen LogP contribution < -0.4 is 5.32 Å². The molecule has 0 saturated carbocycles. The van der Waals surface area contributed by atoms with E-state index in [1.165, 1.54) is 19.3 Å². The fraction of sp³-hybridized carbons (Fsp3) is 0.143. The maximum absolute atomic E-state index is 11.9. The van der Waals surface area contributed by atoms with Crippen molar-refractivity contribution in [2.75, 3.05) is 5.32 Å². The van der Waals surface area contributed by atoms with Crippen molar-refractivity contribution in [3.05, 3.63) is 53.4 Å². The van der Waals surface area contributed by atoms with E-state index in [4.69, 9.17) is 16.3 Å². The Morgan fingerprint density at radius 1 is 1.29 bits per heavy atom. The Kier molecular flexibility index (Phi) is 4.84. The lowest BCUT2D eigenvalue weighted by atomic mass is 10.3. The van der Waals surface area contributed by atoms with Crippen LogP contribution in [0.4, 0.5) is 5.82 Å². The van der Waals surface area contributed by atoms with Crippen molar-refractivity contribution in [3.63, 3.8) is 0 Å². The van der Waals surface area contributed by atoms with Crippen LogP contribution in [0.15, 0.2) is 42.9 Å². The second-order valence-electron chi connectivity index (χ2n) is 4.14. The highest BCUT2D eigenvalue weighted by Crippen LogP contribution is 2.10. The predicted molar refractivity (Wildman–Crippen MR) is 77.0 cm³/mol. The zero-order valence-corrected chi connectivity index (χ0v) is 11.9. The van der Waals surface area contributed by atoms with Gasteiger partial charge in [-0.3, -0.25) is 9.78 Å². The topological polar surface area (TPSA) is 81.2 Å². The SMILES string of the molecule is C[C@@H](OC(=O)c1cccnc1)C(=O)Nc1ccc(Cl)cn1. The minimum Gasteiger partial charge on any atom is -0.449 e. The molecule has 2 aromatic heterocycles. The molecule has 0 aliphatic heterocycles. The van der Waals surface area contributed by atoms with Crippen molar-refractivity contribution in [2.45, 2.75) is 13.0 Å². The summed E-state index contributed by atoms with van der Waals surface area (Å²) >= 11 is 5.70. The maximum Gasteiger partial charge on any atom is 0.340 e. The third-order valence-electron chi connectivity index (χ3n) is 2.53. The number of nitrogens with zero attached hydrogens (tertiary/aromatic N) is 2. The average molecular weight is 306 g/mol. The average Bonchev–Trinajstić information content (AvgIpc) is 2.50. The fourth-order valence-corrected chi connectivity index (χ4v) is 1.56. The Morgan fingerprint density at radius 3 is 2.71 bits per heavy atom. The minimum absolute atomic E-state index is 0.279. The largest absolute Gasteiger partial charge is 0.449 e. The lowest BCUT2D eigenvalue weighted by Crippen LogP contribution is -2.30. The smallest absolute Gasteiger partial charge is 0.340 e. The second-order valence-corrected chi connectivity index (χ2v) is 4.58. The van der Waals surface area contributed by atoms with Crippen molar-refractivity contribution in [1.82, 2.24) is 9.97 Å². The highest BCUT2D eigenvalue weighted by atomic mass is 35.5. The van der Waals surface area contributed by atoms with Crippen LogP contribution in [0.1, 0.15) is 17.3 Å². The summed E-state index contributed by atoms with van der Waals surface area (Å²) in [6, 6.07) is 6.31. The van der Waals surface area contributed by atoms with E-state index in [1.54, 1.807) is 30.5 Å². The van der Waals surface area contributed by atoms with Gasteiger partial charge in [0.05, 0.1) is 10.6 Å². The van der Waals surface area contributed by atoms with Gasteiger partial charge in [-0.15, -0.1) is 0 Å². The molecule has 2 rings (SSSR count). The van der Waals surface area contributed by atoms with Crippen LogP contribution in [0.2, 0.25) is 5.02 Å². The number of rotatable bonds is 4. The molecule has 0 fully saturated rings. The van der Waals surface area contributed by atoms with E-state index in [0.717, 1.165) is 0 Å². The molecule has 1 N–H and O–H groups in total. The van der Waals surface area contributed by atoms with Crippen molar-refractivity contribution < 1.29 is 14.3 Å². The summed E-state index contributed by atoms with van der Waals surface area (Å²) in [4.78, 5) is 31.4. The predicted octanol–water partition coefficient (Wildman–Crippen LogP) is 2.31. The molecule has 2 aromatic rings.